The summed E-state index contributed by atoms with van der Waals surface area (Å²) < 4.78 is 34.1. The summed E-state index contributed by atoms with van der Waals surface area (Å²) in [6.45, 7) is 1.18. The minimum Gasteiger partial charge on any atom is -0.490 e. The average molecular weight is 458 g/mol. The molecule has 0 radical (unpaired) electrons. The van der Waals surface area contributed by atoms with Crippen LogP contribution in [0.25, 0.3) is 10.9 Å². The van der Waals surface area contributed by atoms with Crippen LogP contribution in [-0.2, 0) is 10.0 Å². The number of ether oxygens (including phenoxy) is 1. The van der Waals surface area contributed by atoms with Gasteiger partial charge in [-0.25, -0.2) is 12.4 Å². The number of fused-ring (bicyclic) bond motifs is 1. The summed E-state index contributed by atoms with van der Waals surface area (Å²) in [5.41, 5.74) is 0.558. The smallest absolute Gasteiger partial charge is 0.268 e. The van der Waals surface area contributed by atoms with Gasteiger partial charge in [-0.1, -0.05) is 27.5 Å². The summed E-state index contributed by atoms with van der Waals surface area (Å²) in [7, 11) is 0.142. The van der Waals surface area contributed by atoms with Crippen LogP contribution in [0.15, 0.2) is 58.0 Å². The highest BCUT2D eigenvalue weighted by molar-refractivity contribution is 9.10. The van der Waals surface area contributed by atoms with Crippen molar-refractivity contribution >= 4 is 48.5 Å². The van der Waals surface area contributed by atoms with Gasteiger partial charge in [0.15, 0.2) is 0 Å². The Labute approximate surface area is 166 Å². The molecule has 0 atom stereocenters. The Bertz CT molecular complexity index is 1030. The third kappa shape index (κ3) is 3.91. The fraction of sp³-hybridized carbons (Fsp3) is 0.222. The van der Waals surface area contributed by atoms with Gasteiger partial charge in [0, 0.05) is 21.4 Å². The minimum absolute atomic E-state index is 0.168. The molecule has 0 aliphatic heterocycles. The van der Waals surface area contributed by atoms with Crippen molar-refractivity contribution in [2.45, 2.75) is 4.90 Å². The van der Waals surface area contributed by atoms with E-state index in [2.05, 4.69) is 15.9 Å². The summed E-state index contributed by atoms with van der Waals surface area (Å²) in [6, 6.07) is 11.5. The molecule has 2 aromatic carbocycles. The number of likely N-dealkylation sites (N-methyl/N-ethyl adjacent to an activating group) is 1. The van der Waals surface area contributed by atoms with E-state index in [-0.39, 0.29) is 4.90 Å². The van der Waals surface area contributed by atoms with Gasteiger partial charge in [0.05, 0.1) is 16.6 Å². The van der Waals surface area contributed by atoms with Crippen molar-refractivity contribution < 1.29 is 13.2 Å². The lowest BCUT2D eigenvalue weighted by Gasteiger charge is -2.10. The van der Waals surface area contributed by atoms with Crippen LogP contribution in [0.5, 0.6) is 5.75 Å². The zero-order chi connectivity index (χ0) is 18.9. The summed E-state index contributed by atoms with van der Waals surface area (Å²) >= 11 is 9.31. The van der Waals surface area contributed by atoms with E-state index in [0.29, 0.717) is 22.9 Å². The molecule has 3 rings (SSSR count). The van der Waals surface area contributed by atoms with Gasteiger partial charge in [0.25, 0.3) is 10.0 Å². The van der Waals surface area contributed by atoms with Crippen molar-refractivity contribution in [3.05, 3.63) is 58.2 Å². The van der Waals surface area contributed by atoms with Crippen molar-refractivity contribution in [1.29, 1.82) is 0 Å². The Kier molecular flexibility index (Phi) is 5.62. The standard InChI is InChI=1S/C18H18BrClN2O3S/c1-21(2)9-10-25-18-12-22(17-8-3-13(19)11-16(17)18)26(23,24)15-6-4-14(20)5-7-15/h3-8,11-12H,9-10H2,1-2H3. The molecule has 0 aliphatic rings. The van der Waals surface area contributed by atoms with Gasteiger partial charge in [0.1, 0.15) is 12.4 Å². The minimum atomic E-state index is -3.76. The molecule has 0 amide bonds. The lowest BCUT2D eigenvalue weighted by atomic mass is 10.2. The van der Waals surface area contributed by atoms with Gasteiger partial charge in [0.2, 0.25) is 0 Å². The molecule has 0 N–H and O–H groups in total. The topological polar surface area (TPSA) is 51.5 Å². The molecular weight excluding hydrogens is 440 g/mol. The fourth-order valence-electron chi connectivity index (χ4n) is 2.52. The number of benzene rings is 2. The van der Waals surface area contributed by atoms with Crippen molar-refractivity contribution in [3.63, 3.8) is 0 Å². The van der Waals surface area contributed by atoms with E-state index >= 15 is 0 Å². The quantitative estimate of drug-likeness (QED) is 0.556. The van der Waals surface area contributed by atoms with E-state index in [1.165, 1.54) is 22.3 Å². The predicted octanol–water partition coefficient (Wildman–Crippen LogP) is 4.23. The predicted molar refractivity (Wildman–Crippen MR) is 108 cm³/mol. The second kappa shape index (κ2) is 7.60. The largest absolute Gasteiger partial charge is 0.490 e. The third-order valence-corrected chi connectivity index (χ3v) is 6.30. The molecule has 26 heavy (non-hydrogen) atoms. The van der Waals surface area contributed by atoms with Crippen LogP contribution in [0.2, 0.25) is 5.02 Å². The first kappa shape index (κ1) is 19.2. The van der Waals surface area contributed by atoms with Gasteiger partial charge in [-0.2, -0.15) is 0 Å². The maximum Gasteiger partial charge on any atom is 0.268 e. The molecule has 0 fully saturated rings. The van der Waals surface area contributed by atoms with Crippen molar-refractivity contribution in [3.8, 4) is 5.75 Å². The van der Waals surface area contributed by atoms with Crippen LogP contribution in [0.3, 0.4) is 0 Å². The van der Waals surface area contributed by atoms with Crippen LogP contribution in [0.1, 0.15) is 0 Å². The van der Waals surface area contributed by atoms with E-state index in [1.54, 1.807) is 24.3 Å². The highest BCUT2D eigenvalue weighted by Gasteiger charge is 2.22. The molecule has 0 aliphatic carbocycles. The van der Waals surface area contributed by atoms with Crippen molar-refractivity contribution in [2.75, 3.05) is 27.2 Å². The third-order valence-electron chi connectivity index (χ3n) is 3.86. The highest BCUT2D eigenvalue weighted by atomic mass is 79.9. The summed E-state index contributed by atoms with van der Waals surface area (Å²) in [6.07, 6.45) is 1.52. The summed E-state index contributed by atoms with van der Waals surface area (Å²) in [4.78, 5) is 2.17. The van der Waals surface area contributed by atoms with Gasteiger partial charge in [-0.3, -0.25) is 0 Å². The first-order chi connectivity index (χ1) is 12.3. The van der Waals surface area contributed by atoms with E-state index in [1.807, 2.05) is 25.1 Å². The second-order valence-electron chi connectivity index (χ2n) is 6.06. The molecule has 0 spiro atoms. The fourth-order valence-corrected chi connectivity index (χ4v) is 4.36. The van der Waals surface area contributed by atoms with E-state index in [4.69, 9.17) is 16.3 Å². The van der Waals surface area contributed by atoms with Gasteiger partial charge in [-0.05, 0) is 56.6 Å². The van der Waals surface area contributed by atoms with Gasteiger partial charge < -0.3 is 9.64 Å². The molecule has 0 unspecified atom stereocenters. The Morgan fingerprint density at radius 3 is 2.50 bits per heavy atom. The SMILES string of the molecule is CN(C)CCOc1cn(S(=O)(=O)c2ccc(Cl)cc2)c2ccc(Br)cc12. The van der Waals surface area contributed by atoms with Crippen molar-refractivity contribution in [2.24, 2.45) is 0 Å². The number of hydrogen-bond donors (Lipinski definition) is 0. The summed E-state index contributed by atoms with van der Waals surface area (Å²) in [5.74, 6) is 0.528. The zero-order valence-electron chi connectivity index (χ0n) is 14.3. The summed E-state index contributed by atoms with van der Waals surface area (Å²) in [5, 5.41) is 1.22. The molecule has 1 aromatic heterocycles. The van der Waals surface area contributed by atoms with E-state index < -0.39 is 10.0 Å². The number of hydrogen-bond acceptors (Lipinski definition) is 4. The molecule has 8 heteroatoms. The van der Waals surface area contributed by atoms with Crippen LogP contribution < -0.4 is 4.74 Å². The Morgan fingerprint density at radius 2 is 1.85 bits per heavy atom. The number of nitrogens with zero attached hydrogens (tertiary/aromatic N) is 2. The number of aromatic nitrogens is 1. The maximum absolute atomic E-state index is 13.1. The lowest BCUT2D eigenvalue weighted by Crippen LogP contribution is -2.19. The Morgan fingerprint density at radius 1 is 1.15 bits per heavy atom. The zero-order valence-corrected chi connectivity index (χ0v) is 17.5. The molecule has 5 nitrogen and oxygen atoms in total. The van der Waals surface area contributed by atoms with Crippen LogP contribution in [-0.4, -0.2) is 44.5 Å². The number of rotatable bonds is 6. The average Bonchev–Trinajstić information content (AvgIpc) is 2.94. The maximum atomic E-state index is 13.1. The molecule has 0 bridgehead atoms. The monoisotopic (exact) mass is 456 g/mol. The normalized spacial score (nSPS) is 12.0. The first-order valence-corrected chi connectivity index (χ1v) is 10.5. The molecule has 138 valence electrons. The van der Waals surface area contributed by atoms with Gasteiger partial charge in [-0.15, -0.1) is 0 Å². The molecule has 3 aromatic rings. The van der Waals surface area contributed by atoms with E-state index in [0.717, 1.165) is 16.4 Å². The molecular formula is C18H18BrClN2O3S. The Balaban J connectivity index is 2.09. The second-order valence-corrected chi connectivity index (χ2v) is 9.23. The van der Waals surface area contributed by atoms with Crippen molar-refractivity contribution in [1.82, 2.24) is 8.87 Å². The van der Waals surface area contributed by atoms with Crippen LogP contribution in [0, 0.1) is 0 Å². The highest BCUT2D eigenvalue weighted by Crippen LogP contribution is 2.33. The van der Waals surface area contributed by atoms with Gasteiger partial charge >= 0.3 is 0 Å². The molecule has 0 saturated carbocycles. The van der Waals surface area contributed by atoms with Crippen LogP contribution >= 0.6 is 27.5 Å². The molecule has 0 saturated heterocycles. The first-order valence-electron chi connectivity index (χ1n) is 7.88. The lowest BCUT2D eigenvalue weighted by molar-refractivity contribution is 0.263. The molecule has 1 heterocycles. The van der Waals surface area contributed by atoms with Crippen LogP contribution in [0.4, 0.5) is 0 Å². The number of halogens is 2. The Hall–Kier alpha value is -1.54. The van der Waals surface area contributed by atoms with E-state index in [9.17, 15) is 8.42 Å².